The molecule has 1 N–H and O–H groups in total. The van der Waals surface area contributed by atoms with E-state index in [1.807, 2.05) is 0 Å². The molecule has 3 nitrogen and oxygen atoms in total. The number of nitrogens with zero attached hydrogens (tertiary/aromatic N) is 2. The van der Waals surface area contributed by atoms with Crippen LogP contribution < -0.4 is 0 Å². The highest BCUT2D eigenvalue weighted by atomic mass is 19.1. The average molecular weight is 180 g/mol. The van der Waals surface area contributed by atoms with Crippen molar-refractivity contribution in [1.29, 1.82) is 0 Å². The van der Waals surface area contributed by atoms with Crippen LogP contribution in [-0.2, 0) is 6.42 Å². The smallest absolute Gasteiger partial charge is 0.178 e. The largest absolute Gasteiger partial charge is 0.384 e. The predicted molar refractivity (Wildman–Crippen MR) is 45.3 cm³/mol. The quantitative estimate of drug-likeness (QED) is 0.641. The van der Waals surface area contributed by atoms with Crippen LogP contribution in [0.4, 0.5) is 4.39 Å². The standard InChI is InChI=1S/C9H9FN2O/c1-2-7-9(10)8(4-3-5-13)12-6-11-7/h6,13H,2,5H2,1H3. The Balaban J connectivity index is 3.08. The molecule has 0 saturated heterocycles. The first-order chi connectivity index (χ1) is 6.29. The molecule has 0 aliphatic rings. The lowest BCUT2D eigenvalue weighted by molar-refractivity contribution is 0.350. The molecule has 1 heterocycles. The van der Waals surface area contributed by atoms with Gasteiger partial charge in [0.05, 0.1) is 5.69 Å². The van der Waals surface area contributed by atoms with Crippen molar-refractivity contribution in [3.8, 4) is 11.8 Å². The van der Waals surface area contributed by atoms with Crippen LogP contribution in [0.1, 0.15) is 18.3 Å². The minimum Gasteiger partial charge on any atom is -0.384 e. The maximum absolute atomic E-state index is 13.3. The molecule has 0 fully saturated rings. The van der Waals surface area contributed by atoms with Gasteiger partial charge in [0, 0.05) is 0 Å². The molecule has 0 saturated carbocycles. The molecular weight excluding hydrogens is 171 g/mol. The van der Waals surface area contributed by atoms with Gasteiger partial charge in [0.1, 0.15) is 12.9 Å². The molecule has 13 heavy (non-hydrogen) atoms. The van der Waals surface area contributed by atoms with Crippen molar-refractivity contribution in [3.63, 3.8) is 0 Å². The van der Waals surface area contributed by atoms with E-state index in [4.69, 9.17) is 5.11 Å². The Morgan fingerprint density at radius 2 is 2.31 bits per heavy atom. The van der Waals surface area contributed by atoms with E-state index in [1.54, 1.807) is 6.92 Å². The first kappa shape index (κ1) is 9.62. The van der Waals surface area contributed by atoms with Crippen molar-refractivity contribution in [2.24, 2.45) is 0 Å². The van der Waals surface area contributed by atoms with Gasteiger partial charge in [-0.25, -0.2) is 14.4 Å². The zero-order valence-corrected chi connectivity index (χ0v) is 7.21. The third-order valence-corrected chi connectivity index (χ3v) is 1.48. The summed E-state index contributed by atoms with van der Waals surface area (Å²) in [5, 5.41) is 8.41. The minimum atomic E-state index is -0.494. The van der Waals surface area contributed by atoms with Gasteiger partial charge in [-0.3, -0.25) is 0 Å². The van der Waals surface area contributed by atoms with Crippen LogP contribution in [0.5, 0.6) is 0 Å². The molecule has 0 bridgehead atoms. The molecule has 0 aliphatic carbocycles. The third-order valence-electron chi connectivity index (χ3n) is 1.48. The molecule has 0 unspecified atom stereocenters. The highest BCUT2D eigenvalue weighted by Gasteiger charge is 2.06. The van der Waals surface area contributed by atoms with Gasteiger partial charge in [-0.05, 0) is 12.3 Å². The van der Waals surface area contributed by atoms with Gasteiger partial charge in [-0.2, -0.15) is 0 Å². The van der Waals surface area contributed by atoms with Crippen LogP contribution >= 0.6 is 0 Å². The summed E-state index contributed by atoms with van der Waals surface area (Å²) in [5.41, 5.74) is 0.387. The van der Waals surface area contributed by atoms with Gasteiger partial charge in [0.2, 0.25) is 0 Å². The lowest BCUT2D eigenvalue weighted by Crippen LogP contribution is -1.99. The van der Waals surface area contributed by atoms with Crippen molar-refractivity contribution in [2.75, 3.05) is 6.61 Å². The molecule has 1 aromatic rings. The van der Waals surface area contributed by atoms with Gasteiger partial charge in [0.25, 0.3) is 0 Å². The van der Waals surface area contributed by atoms with E-state index in [1.165, 1.54) is 6.33 Å². The summed E-state index contributed by atoms with van der Waals surface area (Å²) >= 11 is 0. The van der Waals surface area contributed by atoms with Gasteiger partial charge in [0.15, 0.2) is 11.5 Å². The number of aliphatic hydroxyl groups is 1. The molecule has 0 radical (unpaired) electrons. The first-order valence-corrected chi connectivity index (χ1v) is 3.88. The van der Waals surface area contributed by atoms with E-state index in [9.17, 15) is 4.39 Å². The second-order valence-electron chi connectivity index (χ2n) is 2.30. The molecule has 0 aromatic carbocycles. The summed E-state index contributed by atoms with van der Waals surface area (Å²) in [7, 11) is 0. The molecule has 1 aromatic heterocycles. The van der Waals surface area contributed by atoms with Crippen LogP contribution in [0.15, 0.2) is 6.33 Å². The van der Waals surface area contributed by atoms with Gasteiger partial charge in [-0.15, -0.1) is 0 Å². The second kappa shape index (κ2) is 4.53. The lowest BCUT2D eigenvalue weighted by atomic mass is 10.2. The molecular formula is C9H9FN2O. The van der Waals surface area contributed by atoms with Gasteiger partial charge < -0.3 is 5.11 Å². The molecule has 0 amide bonds. The number of aliphatic hydroxyl groups excluding tert-OH is 1. The van der Waals surface area contributed by atoms with Crippen molar-refractivity contribution >= 4 is 0 Å². The Morgan fingerprint density at radius 1 is 1.54 bits per heavy atom. The number of hydrogen-bond donors (Lipinski definition) is 1. The van der Waals surface area contributed by atoms with Gasteiger partial charge >= 0.3 is 0 Å². The Hall–Kier alpha value is -1.47. The van der Waals surface area contributed by atoms with E-state index in [0.29, 0.717) is 12.1 Å². The molecule has 0 atom stereocenters. The van der Waals surface area contributed by atoms with Crippen LogP contribution in [0.3, 0.4) is 0 Å². The third kappa shape index (κ3) is 2.23. The molecule has 4 heteroatoms. The number of halogens is 1. The summed E-state index contributed by atoms with van der Waals surface area (Å²) in [6.45, 7) is 1.50. The maximum atomic E-state index is 13.3. The fourth-order valence-electron chi connectivity index (χ4n) is 0.863. The zero-order chi connectivity index (χ0) is 9.68. The van der Waals surface area contributed by atoms with E-state index < -0.39 is 5.82 Å². The van der Waals surface area contributed by atoms with Crippen molar-refractivity contribution in [2.45, 2.75) is 13.3 Å². The van der Waals surface area contributed by atoms with Crippen LogP contribution in [0.2, 0.25) is 0 Å². The van der Waals surface area contributed by atoms with Crippen LogP contribution in [-0.4, -0.2) is 21.7 Å². The number of rotatable bonds is 1. The molecule has 68 valence electrons. The number of hydrogen-bond acceptors (Lipinski definition) is 3. The zero-order valence-electron chi connectivity index (χ0n) is 7.21. The number of aryl methyl sites for hydroxylation is 1. The maximum Gasteiger partial charge on any atom is 0.178 e. The summed E-state index contributed by atoms with van der Waals surface area (Å²) in [5.74, 6) is 4.25. The SMILES string of the molecule is CCc1ncnc(C#CCO)c1F. The van der Waals surface area contributed by atoms with E-state index >= 15 is 0 Å². The van der Waals surface area contributed by atoms with Crippen molar-refractivity contribution in [1.82, 2.24) is 9.97 Å². The highest BCUT2D eigenvalue weighted by Crippen LogP contribution is 2.06. The number of aromatic nitrogens is 2. The average Bonchev–Trinajstić information content (AvgIpc) is 2.16. The Labute approximate surface area is 75.7 Å². The summed E-state index contributed by atoms with van der Waals surface area (Å²) in [4.78, 5) is 7.40. The molecule has 1 rings (SSSR count). The minimum absolute atomic E-state index is 0.0425. The van der Waals surface area contributed by atoms with E-state index in [-0.39, 0.29) is 12.3 Å². The van der Waals surface area contributed by atoms with E-state index in [2.05, 4.69) is 21.8 Å². The monoisotopic (exact) mass is 180 g/mol. The summed E-state index contributed by atoms with van der Waals surface area (Å²) in [6.07, 6.45) is 1.77. The van der Waals surface area contributed by atoms with Gasteiger partial charge in [-0.1, -0.05) is 12.8 Å². The Bertz CT molecular complexity index is 354. The normalized spacial score (nSPS) is 9.15. The van der Waals surface area contributed by atoms with Crippen LogP contribution in [0.25, 0.3) is 0 Å². The van der Waals surface area contributed by atoms with Crippen molar-refractivity contribution < 1.29 is 9.50 Å². The molecule has 0 spiro atoms. The molecule has 0 aliphatic heterocycles. The summed E-state index contributed by atoms with van der Waals surface area (Å²) < 4.78 is 13.3. The second-order valence-corrected chi connectivity index (χ2v) is 2.30. The Kier molecular flexibility index (Phi) is 3.35. The van der Waals surface area contributed by atoms with E-state index in [0.717, 1.165) is 0 Å². The van der Waals surface area contributed by atoms with Crippen molar-refractivity contribution in [3.05, 3.63) is 23.5 Å². The lowest BCUT2D eigenvalue weighted by Gasteiger charge is -1.98. The highest BCUT2D eigenvalue weighted by molar-refractivity contribution is 5.29. The Morgan fingerprint density at radius 3 is 2.92 bits per heavy atom. The fraction of sp³-hybridized carbons (Fsp3) is 0.333. The fourth-order valence-corrected chi connectivity index (χ4v) is 0.863. The summed E-state index contributed by atoms with van der Waals surface area (Å²) in [6, 6.07) is 0. The predicted octanol–water partition coefficient (Wildman–Crippen LogP) is 0.522. The first-order valence-electron chi connectivity index (χ1n) is 3.88. The van der Waals surface area contributed by atoms with Crippen LogP contribution in [0, 0.1) is 17.7 Å². The topological polar surface area (TPSA) is 46.0 Å².